The fraction of sp³-hybridized carbons (Fsp3) is 0.0714. The molecule has 0 atom stereocenters. The van der Waals surface area contributed by atoms with E-state index in [1.807, 2.05) is 0 Å². The Balaban J connectivity index is 2.22. The van der Waals surface area contributed by atoms with Crippen LogP contribution in [0.25, 0.3) is 21.3 Å². The van der Waals surface area contributed by atoms with Crippen LogP contribution in [0.5, 0.6) is 0 Å². The minimum atomic E-state index is -1.15. The third-order valence-electron chi connectivity index (χ3n) is 3.23. The van der Waals surface area contributed by atoms with Crippen molar-refractivity contribution in [3.05, 3.63) is 56.4 Å². The topological polar surface area (TPSA) is 115 Å². The lowest BCUT2D eigenvalue weighted by Crippen LogP contribution is -2.24. The molecule has 0 aliphatic carbocycles. The second-order valence-corrected chi connectivity index (χ2v) is 5.57. The van der Waals surface area contributed by atoms with Crippen molar-refractivity contribution < 1.29 is 14.8 Å². The van der Waals surface area contributed by atoms with Crippen LogP contribution in [-0.4, -0.2) is 25.6 Å². The summed E-state index contributed by atoms with van der Waals surface area (Å²) in [5.41, 5.74) is 0.445. The zero-order valence-electron chi connectivity index (χ0n) is 11.5. The Morgan fingerprint density at radius 2 is 2.22 bits per heavy atom. The van der Waals surface area contributed by atoms with Crippen LogP contribution in [-0.2, 0) is 11.3 Å². The van der Waals surface area contributed by atoms with E-state index in [0.29, 0.717) is 16.0 Å². The van der Waals surface area contributed by atoms with E-state index in [9.17, 15) is 19.7 Å². The molecular weight excluding hydrogens is 322 g/mol. The number of fused-ring (bicyclic) bond motifs is 1. The number of aromatic nitrogens is 2. The highest BCUT2D eigenvalue weighted by Gasteiger charge is 2.16. The number of nitro benzene ring substituents is 1. The summed E-state index contributed by atoms with van der Waals surface area (Å²) in [6, 6.07) is 5.92. The molecule has 3 aromatic rings. The predicted octanol–water partition coefficient (Wildman–Crippen LogP) is 2.12. The molecule has 0 bridgehead atoms. The van der Waals surface area contributed by atoms with Crippen LogP contribution in [0.3, 0.4) is 0 Å². The van der Waals surface area contributed by atoms with E-state index in [1.54, 1.807) is 11.4 Å². The fourth-order valence-corrected chi connectivity index (χ4v) is 3.13. The minimum absolute atomic E-state index is 0.0865. The molecule has 9 heteroatoms. The summed E-state index contributed by atoms with van der Waals surface area (Å²) >= 11 is 1.22. The molecule has 1 aromatic carbocycles. The summed E-state index contributed by atoms with van der Waals surface area (Å²) in [4.78, 5) is 38.2. The number of benzene rings is 1. The molecule has 0 unspecified atom stereocenters. The summed E-state index contributed by atoms with van der Waals surface area (Å²) in [5, 5.41) is 21.7. The van der Waals surface area contributed by atoms with E-state index < -0.39 is 23.0 Å². The number of nitro groups is 1. The number of hydrogen-bond acceptors (Lipinski definition) is 6. The van der Waals surface area contributed by atoms with E-state index in [4.69, 9.17) is 5.11 Å². The van der Waals surface area contributed by atoms with E-state index in [-0.39, 0.29) is 11.1 Å². The fourth-order valence-electron chi connectivity index (χ4n) is 2.23. The Kier molecular flexibility index (Phi) is 3.62. The second-order valence-electron chi connectivity index (χ2n) is 4.71. The van der Waals surface area contributed by atoms with E-state index in [1.165, 1.54) is 35.9 Å². The Bertz CT molecular complexity index is 991. The largest absolute Gasteiger partial charge is 0.480 e. The molecule has 8 nitrogen and oxygen atoms in total. The third kappa shape index (κ3) is 2.69. The maximum atomic E-state index is 12.5. The summed E-state index contributed by atoms with van der Waals surface area (Å²) in [7, 11) is 0. The molecule has 0 aliphatic rings. The second kappa shape index (κ2) is 5.61. The van der Waals surface area contributed by atoms with Gasteiger partial charge in [-0.3, -0.25) is 24.3 Å². The lowest BCUT2D eigenvalue weighted by atomic mass is 10.1. The molecule has 2 aromatic heterocycles. The summed E-state index contributed by atoms with van der Waals surface area (Å²) in [6.45, 7) is -0.494. The van der Waals surface area contributed by atoms with Crippen molar-refractivity contribution in [3.63, 3.8) is 0 Å². The van der Waals surface area contributed by atoms with Gasteiger partial charge in [-0.05, 0) is 5.56 Å². The molecule has 0 radical (unpaired) electrons. The molecular formula is C14H9N3O5S. The third-order valence-corrected chi connectivity index (χ3v) is 4.12. The highest BCUT2D eigenvalue weighted by atomic mass is 32.1. The van der Waals surface area contributed by atoms with Crippen molar-refractivity contribution >= 4 is 33.2 Å². The molecule has 2 heterocycles. The lowest BCUT2D eigenvalue weighted by molar-refractivity contribution is -0.384. The normalized spacial score (nSPS) is 10.8. The molecule has 23 heavy (non-hydrogen) atoms. The van der Waals surface area contributed by atoms with Gasteiger partial charge in [-0.25, -0.2) is 4.98 Å². The van der Waals surface area contributed by atoms with Gasteiger partial charge in [0.05, 0.1) is 16.6 Å². The van der Waals surface area contributed by atoms with Gasteiger partial charge in [-0.1, -0.05) is 12.1 Å². The maximum Gasteiger partial charge on any atom is 0.323 e. The van der Waals surface area contributed by atoms with Crippen LogP contribution in [0.15, 0.2) is 40.8 Å². The number of carboxylic acids is 1. The zero-order chi connectivity index (χ0) is 16.6. The first-order valence-electron chi connectivity index (χ1n) is 6.40. The van der Waals surface area contributed by atoms with Gasteiger partial charge in [0.1, 0.15) is 11.4 Å². The van der Waals surface area contributed by atoms with E-state index >= 15 is 0 Å². The van der Waals surface area contributed by atoms with E-state index in [2.05, 4.69) is 4.98 Å². The van der Waals surface area contributed by atoms with Crippen molar-refractivity contribution in [1.82, 2.24) is 9.55 Å². The van der Waals surface area contributed by atoms with Crippen molar-refractivity contribution in [2.24, 2.45) is 0 Å². The Labute approximate surface area is 132 Å². The number of carbonyl (C=O) groups is 1. The monoisotopic (exact) mass is 331 g/mol. The molecule has 0 amide bonds. The van der Waals surface area contributed by atoms with Gasteiger partial charge in [0.15, 0.2) is 0 Å². The van der Waals surface area contributed by atoms with Gasteiger partial charge < -0.3 is 5.11 Å². The van der Waals surface area contributed by atoms with Crippen molar-refractivity contribution in [2.75, 3.05) is 0 Å². The molecule has 3 rings (SSSR count). The predicted molar refractivity (Wildman–Crippen MR) is 83.6 cm³/mol. The average Bonchev–Trinajstić information content (AvgIpc) is 2.94. The number of nitrogens with zero attached hydrogens (tertiary/aromatic N) is 3. The Morgan fingerprint density at radius 1 is 1.43 bits per heavy atom. The number of thiophene rings is 1. The van der Waals surface area contributed by atoms with Crippen LogP contribution < -0.4 is 5.56 Å². The van der Waals surface area contributed by atoms with Crippen LogP contribution >= 0.6 is 11.3 Å². The molecule has 0 saturated heterocycles. The van der Waals surface area contributed by atoms with Crippen molar-refractivity contribution in [1.29, 1.82) is 0 Å². The van der Waals surface area contributed by atoms with Crippen molar-refractivity contribution in [2.45, 2.75) is 6.54 Å². The first kappa shape index (κ1) is 14.9. The van der Waals surface area contributed by atoms with Crippen LogP contribution in [0.2, 0.25) is 0 Å². The lowest BCUT2D eigenvalue weighted by Gasteiger charge is -2.03. The standard InChI is InChI=1S/C14H9N3O5S/c18-11(19)5-16-7-15-13-12(14(16)20)10(6-23-13)8-2-1-3-9(4-8)17(21)22/h1-4,6-7H,5H2,(H,18,19). The van der Waals surface area contributed by atoms with Gasteiger partial charge in [0, 0.05) is 23.1 Å². The maximum absolute atomic E-state index is 12.5. The molecule has 0 saturated carbocycles. The number of hydrogen-bond donors (Lipinski definition) is 1. The quantitative estimate of drug-likeness (QED) is 0.578. The van der Waals surface area contributed by atoms with Gasteiger partial charge >= 0.3 is 5.97 Å². The van der Waals surface area contributed by atoms with Gasteiger partial charge in [0.2, 0.25) is 0 Å². The molecule has 116 valence electrons. The Hall–Kier alpha value is -3.07. The van der Waals surface area contributed by atoms with E-state index in [0.717, 1.165) is 4.57 Å². The minimum Gasteiger partial charge on any atom is -0.480 e. The zero-order valence-corrected chi connectivity index (χ0v) is 12.3. The number of non-ortho nitro benzene ring substituents is 1. The highest BCUT2D eigenvalue weighted by molar-refractivity contribution is 7.17. The molecule has 0 spiro atoms. The van der Waals surface area contributed by atoms with Crippen LogP contribution in [0, 0.1) is 10.1 Å². The average molecular weight is 331 g/mol. The Morgan fingerprint density at radius 3 is 2.91 bits per heavy atom. The summed E-state index contributed by atoms with van der Waals surface area (Å²) in [5.74, 6) is -1.15. The molecule has 0 aliphatic heterocycles. The highest BCUT2D eigenvalue weighted by Crippen LogP contribution is 2.32. The van der Waals surface area contributed by atoms with Crippen LogP contribution in [0.1, 0.15) is 0 Å². The molecule has 1 N–H and O–H groups in total. The summed E-state index contributed by atoms with van der Waals surface area (Å²) in [6.07, 6.45) is 1.19. The van der Waals surface area contributed by atoms with Crippen molar-refractivity contribution in [3.8, 4) is 11.1 Å². The first-order valence-corrected chi connectivity index (χ1v) is 7.28. The van der Waals surface area contributed by atoms with Gasteiger partial charge in [-0.15, -0.1) is 11.3 Å². The number of carboxylic acid groups (broad SMARTS) is 1. The smallest absolute Gasteiger partial charge is 0.323 e. The summed E-state index contributed by atoms with van der Waals surface area (Å²) < 4.78 is 0.998. The first-order chi connectivity index (χ1) is 11.0. The van der Waals surface area contributed by atoms with Gasteiger partial charge in [0.25, 0.3) is 11.2 Å². The van der Waals surface area contributed by atoms with Crippen LogP contribution in [0.4, 0.5) is 5.69 Å². The van der Waals surface area contributed by atoms with Gasteiger partial charge in [-0.2, -0.15) is 0 Å². The SMILES string of the molecule is O=C(O)Cn1cnc2scc(-c3cccc([N+](=O)[O-])c3)c2c1=O. The number of rotatable bonds is 4. The number of aliphatic carboxylic acids is 1. The molecule has 0 fully saturated rings.